The van der Waals surface area contributed by atoms with E-state index in [1.165, 1.54) is 12.8 Å². The molecule has 2 N–H and O–H groups in total. The van der Waals surface area contributed by atoms with Crippen molar-refractivity contribution in [1.82, 2.24) is 9.88 Å². The molecule has 1 saturated heterocycles. The van der Waals surface area contributed by atoms with Crippen LogP contribution in [0.5, 0.6) is 5.75 Å². The van der Waals surface area contributed by atoms with Crippen LogP contribution in [0.4, 0.5) is 5.69 Å². The second-order valence-electron chi connectivity index (χ2n) is 8.33. The SMILES string of the molecule is COc1cc(NS(=O)(=O)c2ccc3ccccc3c2)cc2c(CCN3CCCC3)c[nH]c12. The third kappa shape index (κ3) is 4.06. The maximum Gasteiger partial charge on any atom is 0.261 e. The Bertz CT molecular complexity index is 1370. The molecule has 0 amide bonds. The number of hydrogen-bond acceptors (Lipinski definition) is 4. The Morgan fingerprint density at radius 1 is 1.03 bits per heavy atom. The minimum Gasteiger partial charge on any atom is -0.494 e. The number of rotatable bonds is 7. The molecule has 0 spiro atoms. The molecule has 32 heavy (non-hydrogen) atoms. The van der Waals surface area contributed by atoms with E-state index >= 15 is 0 Å². The van der Waals surface area contributed by atoms with Crippen molar-refractivity contribution in [2.24, 2.45) is 0 Å². The number of fused-ring (bicyclic) bond motifs is 2. The van der Waals surface area contributed by atoms with Crippen LogP contribution in [0, 0.1) is 0 Å². The Hall–Kier alpha value is -3.03. The molecule has 166 valence electrons. The zero-order valence-electron chi connectivity index (χ0n) is 18.1. The van der Waals surface area contributed by atoms with Gasteiger partial charge >= 0.3 is 0 Å². The summed E-state index contributed by atoms with van der Waals surface area (Å²) in [4.78, 5) is 6.01. The van der Waals surface area contributed by atoms with E-state index in [9.17, 15) is 8.42 Å². The summed E-state index contributed by atoms with van der Waals surface area (Å²) >= 11 is 0. The van der Waals surface area contributed by atoms with Gasteiger partial charge in [0.25, 0.3) is 10.0 Å². The van der Waals surface area contributed by atoms with Crippen LogP contribution in [0.25, 0.3) is 21.7 Å². The molecule has 4 aromatic rings. The quantitative estimate of drug-likeness (QED) is 0.426. The van der Waals surface area contributed by atoms with Gasteiger partial charge in [-0.25, -0.2) is 8.42 Å². The van der Waals surface area contributed by atoms with Gasteiger partial charge < -0.3 is 14.6 Å². The summed E-state index contributed by atoms with van der Waals surface area (Å²) in [6.07, 6.45) is 5.44. The lowest BCUT2D eigenvalue weighted by Gasteiger charge is -2.14. The minimum absolute atomic E-state index is 0.235. The van der Waals surface area contributed by atoms with Gasteiger partial charge in [-0.3, -0.25) is 4.72 Å². The minimum atomic E-state index is -3.74. The molecule has 0 saturated carbocycles. The number of hydrogen-bond donors (Lipinski definition) is 2. The second-order valence-corrected chi connectivity index (χ2v) is 10.0. The lowest BCUT2D eigenvalue weighted by Crippen LogP contribution is -2.21. The fraction of sp³-hybridized carbons (Fsp3) is 0.280. The first-order valence-electron chi connectivity index (χ1n) is 11.0. The maximum atomic E-state index is 13.1. The first-order valence-corrected chi connectivity index (χ1v) is 12.4. The number of aromatic nitrogens is 1. The molecule has 2 heterocycles. The molecule has 3 aromatic carbocycles. The van der Waals surface area contributed by atoms with Crippen LogP contribution in [-0.4, -0.2) is 45.0 Å². The normalized spacial score (nSPS) is 14.9. The van der Waals surface area contributed by atoms with E-state index < -0.39 is 10.0 Å². The standard InChI is InChI=1S/C25H27N3O3S/c1-31-24-16-21(15-23-20(17-26-25(23)24)10-13-28-11-4-5-12-28)27-32(29,30)22-9-8-18-6-2-3-7-19(18)14-22/h2-3,6-9,14-17,26-27H,4-5,10-13H2,1H3. The molecule has 1 aromatic heterocycles. The summed E-state index contributed by atoms with van der Waals surface area (Å²) in [6, 6.07) is 16.5. The highest BCUT2D eigenvalue weighted by Crippen LogP contribution is 2.33. The van der Waals surface area contributed by atoms with Crippen LogP contribution in [0.15, 0.2) is 65.7 Å². The number of nitrogens with one attached hydrogen (secondary N) is 2. The zero-order valence-corrected chi connectivity index (χ0v) is 18.9. The summed E-state index contributed by atoms with van der Waals surface area (Å²) < 4.78 is 34.6. The zero-order chi connectivity index (χ0) is 22.1. The summed E-state index contributed by atoms with van der Waals surface area (Å²) in [5.41, 5.74) is 2.54. The number of aromatic amines is 1. The predicted octanol–water partition coefficient (Wildman–Crippen LogP) is 4.77. The number of benzene rings is 3. The van der Waals surface area contributed by atoms with Crippen molar-refractivity contribution in [3.8, 4) is 5.75 Å². The molecule has 0 unspecified atom stereocenters. The van der Waals surface area contributed by atoms with E-state index in [0.29, 0.717) is 11.4 Å². The average molecular weight is 450 g/mol. The summed E-state index contributed by atoms with van der Waals surface area (Å²) in [7, 11) is -2.15. The molecular weight excluding hydrogens is 422 g/mol. The topological polar surface area (TPSA) is 74.4 Å². The lowest BCUT2D eigenvalue weighted by atomic mass is 10.1. The van der Waals surface area contributed by atoms with E-state index in [2.05, 4.69) is 14.6 Å². The highest BCUT2D eigenvalue weighted by Gasteiger charge is 2.18. The molecule has 0 atom stereocenters. The third-order valence-corrected chi connectivity index (χ3v) is 7.62. The predicted molar refractivity (Wildman–Crippen MR) is 129 cm³/mol. The largest absolute Gasteiger partial charge is 0.494 e. The van der Waals surface area contributed by atoms with Crippen molar-refractivity contribution in [3.63, 3.8) is 0 Å². The molecule has 0 aliphatic carbocycles. The fourth-order valence-corrected chi connectivity index (χ4v) is 5.59. The van der Waals surface area contributed by atoms with Crippen molar-refractivity contribution in [1.29, 1.82) is 0 Å². The molecule has 0 radical (unpaired) electrons. The van der Waals surface area contributed by atoms with Crippen molar-refractivity contribution in [2.75, 3.05) is 31.5 Å². The number of sulfonamides is 1. The highest BCUT2D eigenvalue weighted by atomic mass is 32.2. The molecule has 0 bridgehead atoms. The van der Waals surface area contributed by atoms with Gasteiger partial charge in [-0.1, -0.05) is 30.3 Å². The molecule has 1 fully saturated rings. The molecule has 5 rings (SSSR count). The highest BCUT2D eigenvalue weighted by molar-refractivity contribution is 7.92. The van der Waals surface area contributed by atoms with E-state index in [0.717, 1.165) is 53.3 Å². The van der Waals surface area contributed by atoms with Crippen LogP contribution in [-0.2, 0) is 16.4 Å². The Labute approximate surface area is 188 Å². The van der Waals surface area contributed by atoms with Crippen molar-refractivity contribution >= 4 is 37.4 Å². The lowest BCUT2D eigenvalue weighted by molar-refractivity contribution is 0.344. The smallest absolute Gasteiger partial charge is 0.261 e. The van der Waals surface area contributed by atoms with Gasteiger partial charge in [0.05, 0.1) is 23.2 Å². The number of nitrogens with zero attached hydrogens (tertiary/aromatic N) is 1. The first kappa shape index (κ1) is 20.8. The van der Waals surface area contributed by atoms with Gasteiger partial charge in [-0.05, 0) is 66.9 Å². The number of H-pyrrole nitrogens is 1. The second kappa shape index (κ2) is 8.48. The monoisotopic (exact) mass is 449 g/mol. The number of anilines is 1. The Kier molecular flexibility index (Phi) is 5.53. The first-order chi connectivity index (χ1) is 15.5. The van der Waals surface area contributed by atoms with Gasteiger partial charge in [0.2, 0.25) is 0 Å². The van der Waals surface area contributed by atoms with Gasteiger partial charge in [-0.2, -0.15) is 0 Å². The molecular formula is C25H27N3O3S. The number of methoxy groups -OCH3 is 1. The Morgan fingerprint density at radius 2 is 1.81 bits per heavy atom. The van der Waals surface area contributed by atoms with Crippen LogP contribution < -0.4 is 9.46 Å². The molecule has 7 heteroatoms. The van der Waals surface area contributed by atoms with Crippen LogP contribution in [0.1, 0.15) is 18.4 Å². The van der Waals surface area contributed by atoms with Gasteiger partial charge in [0, 0.05) is 24.2 Å². The number of likely N-dealkylation sites (tertiary alicyclic amines) is 1. The van der Waals surface area contributed by atoms with Gasteiger partial charge in [-0.15, -0.1) is 0 Å². The summed E-state index contributed by atoms with van der Waals surface area (Å²) in [5, 5.41) is 2.88. The summed E-state index contributed by atoms with van der Waals surface area (Å²) in [5.74, 6) is 0.617. The van der Waals surface area contributed by atoms with E-state index in [-0.39, 0.29) is 4.90 Å². The summed E-state index contributed by atoms with van der Waals surface area (Å²) in [6.45, 7) is 3.31. The third-order valence-electron chi connectivity index (χ3n) is 6.24. The fourth-order valence-electron chi connectivity index (χ4n) is 4.51. The Balaban J connectivity index is 1.46. The van der Waals surface area contributed by atoms with Crippen LogP contribution in [0.2, 0.25) is 0 Å². The average Bonchev–Trinajstić information content (AvgIpc) is 3.46. The van der Waals surface area contributed by atoms with Gasteiger partial charge in [0.1, 0.15) is 5.75 Å². The molecule has 1 aliphatic rings. The number of ether oxygens (including phenoxy) is 1. The molecule has 1 aliphatic heterocycles. The van der Waals surface area contributed by atoms with Crippen LogP contribution in [0.3, 0.4) is 0 Å². The van der Waals surface area contributed by atoms with E-state index in [1.807, 2.05) is 42.6 Å². The van der Waals surface area contributed by atoms with Crippen LogP contribution >= 0.6 is 0 Å². The van der Waals surface area contributed by atoms with E-state index in [1.54, 1.807) is 25.3 Å². The van der Waals surface area contributed by atoms with Crippen molar-refractivity contribution in [3.05, 3.63) is 66.4 Å². The van der Waals surface area contributed by atoms with Gasteiger partial charge in [0.15, 0.2) is 0 Å². The van der Waals surface area contributed by atoms with Crippen molar-refractivity contribution in [2.45, 2.75) is 24.2 Å². The van der Waals surface area contributed by atoms with Crippen molar-refractivity contribution < 1.29 is 13.2 Å². The van der Waals surface area contributed by atoms with E-state index in [4.69, 9.17) is 4.74 Å². The Morgan fingerprint density at radius 3 is 2.59 bits per heavy atom. The maximum absolute atomic E-state index is 13.1. The molecule has 6 nitrogen and oxygen atoms in total.